The van der Waals surface area contributed by atoms with E-state index in [4.69, 9.17) is 16.3 Å². The molecular formula is C24H25ClF3N3O3. The van der Waals surface area contributed by atoms with Gasteiger partial charge in [-0.25, -0.2) is 0 Å². The van der Waals surface area contributed by atoms with Crippen LogP contribution in [0.1, 0.15) is 40.7 Å². The lowest BCUT2D eigenvalue weighted by Crippen LogP contribution is -2.37. The molecular weight excluding hydrogens is 471 g/mol. The standard InChI is InChI=1S/C24H25ClF3N3O3/c1-34-21-11-20(30-22(32)15-5-6-15)19(25)10-18(21)23(33)29-17-7-8-31(13-17)12-14-3-2-4-16(9-14)24(26,27)28/h2-4,9-11,15,17H,5-8,12-13H2,1H3,(H,29,33)(H,30,32)/t17-/m0/s1. The van der Waals surface area contributed by atoms with Gasteiger partial charge in [-0.05, 0) is 37.0 Å². The average Bonchev–Trinajstić information content (AvgIpc) is 3.56. The number of halogens is 4. The molecule has 2 fully saturated rings. The van der Waals surface area contributed by atoms with Crippen molar-refractivity contribution < 1.29 is 27.5 Å². The molecule has 0 bridgehead atoms. The summed E-state index contributed by atoms with van der Waals surface area (Å²) >= 11 is 6.31. The smallest absolute Gasteiger partial charge is 0.416 e. The molecule has 1 saturated carbocycles. The van der Waals surface area contributed by atoms with Gasteiger partial charge in [0.15, 0.2) is 0 Å². The van der Waals surface area contributed by atoms with Gasteiger partial charge in [-0.3, -0.25) is 14.5 Å². The Morgan fingerprint density at radius 3 is 2.62 bits per heavy atom. The highest BCUT2D eigenvalue weighted by Crippen LogP contribution is 2.35. The number of carbonyl (C=O) groups is 2. The van der Waals surface area contributed by atoms with Gasteiger partial charge in [0.25, 0.3) is 5.91 Å². The average molecular weight is 496 g/mol. The van der Waals surface area contributed by atoms with Crippen LogP contribution in [0.25, 0.3) is 0 Å². The number of hydrogen-bond acceptors (Lipinski definition) is 4. The molecule has 34 heavy (non-hydrogen) atoms. The number of nitrogens with zero attached hydrogens (tertiary/aromatic N) is 1. The summed E-state index contributed by atoms with van der Waals surface area (Å²) in [6, 6.07) is 8.10. The summed E-state index contributed by atoms with van der Waals surface area (Å²) < 4.78 is 44.2. The van der Waals surface area contributed by atoms with Crippen LogP contribution < -0.4 is 15.4 Å². The Hall–Kier alpha value is -2.78. The first-order valence-corrected chi connectivity index (χ1v) is 11.4. The molecule has 2 aromatic rings. The summed E-state index contributed by atoms with van der Waals surface area (Å²) in [5, 5.41) is 5.95. The van der Waals surface area contributed by atoms with E-state index in [1.54, 1.807) is 6.07 Å². The van der Waals surface area contributed by atoms with Gasteiger partial charge < -0.3 is 15.4 Å². The van der Waals surface area contributed by atoms with E-state index in [0.717, 1.165) is 25.0 Å². The number of ether oxygens (including phenoxy) is 1. The van der Waals surface area contributed by atoms with Crippen molar-refractivity contribution in [2.24, 2.45) is 5.92 Å². The minimum absolute atomic E-state index is 0.00582. The Bertz CT molecular complexity index is 1090. The fourth-order valence-electron chi connectivity index (χ4n) is 4.04. The van der Waals surface area contributed by atoms with Crippen LogP contribution >= 0.6 is 11.6 Å². The van der Waals surface area contributed by atoms with E-state index in [-0.39, 0.29) is 40.1 Å². The van der Waals surface area contributed by atoms with Crippen LogP contribution in [0.2, 0.25) is 5.02 Å². The van der Waals surface area contributed by atoms with Crippen molar-refractivity contribution >= 4 is 29.1 Å². The molecule has 2 N–H and O–H groups in total. The summed E-state index contributed by atoms with van der Waals surface area (Å²) in [5.41, 5.74) is 0.530. The highest BCUT2D eigenvalue weighted by Gasteiger charge is 2.32. The number of rotatable bonds is 7. The van der Waals surface area contributed by atoms with Gasteiger partial charge in [0.05, 0.1) is 28.9 Å². The zero-order valence-electron chi connectivity index (χ0n) is 18.5. The van der Waals surface area contributed by atoms with E-state index in [0.29, 0.717) is 37.3 Å². The van der Waals surface area contributed by atoms with E-state index < -0.39 is 11.7 Å². The van der Waals surface area contributed by atoms with Crippen LogP contribution in [-0.2, 0) is 17.5 Å². The monoisotopic (exact) mass is 495 g/mol. The van der Waals surface area contributed by atoms with Crippen LogP contribution in [0.4, 0.5) is 18.9 Å². The van der Waals surface area contributed by atoms with Crippen molar-refractivity contribution in [2.45, 2.75) is 38.0 Å². The van der Waals surface area contributed by atoms with Crippen molar-refractivity contribution in [1.29, 1.82) is 0 Å². The van der Waals surface area contributed by atoms with Crippen LogP contribution in [0.15, 0.2) is 36.4 Å². The molecule has 4 rings (SSSR count). The molecule has 10 heteroatoms. The molecule has 0 aromatic heterocycles. The van der Waals surface area contributed by atoms with Gasteiger partial charge in [0, 0.05) is 37.7 Å². The number of anilines is 1. The second kappa shape index (κ2) is 9.84. The van der Waals surface area contributed by atoms with E-state index in [1.165, 1.54) is 25.3 Å². The molecule has 0 spiro atoms. The van der Waals surface area contributed by atoms with E-state index in [2.05, 4.69) is 10.6 Å². The Kier molecular flexibility index (Phi) is 7.04. The van der Waals surface area contributed by atoms with Crippen LogP contribution in [0.5, 0.6) is 5.75 Å². The minimum atomic E-state index is -4.38. The Balaban J connectivity index is 1.37. The summed E-state index contributed by atoms with van der Waals surface area (Å²) in [7, 11) is 1.43. The third-order valence-electron chi connectivity index (χ3n) is 6.01. The molecule has 1 saturated heterocycles. The predicted octanol–water partition coefficient (Wildman–Crippen LogP) is 4.72. The largest absolute Gasteiger partial charge is 0.496 e. The molecule has 182 valence electrons. The lowest BCUT2D eigenvalue weighted by molar-refractivity contribution is -0.137. The number of benzene rings is 2. The van der Waals surface area contributed by atoms with E-state index in [9.17, 15) is 22.8 Å². The van der Waals surface area contributed by atoms with Gasteiger partial charge in [-0.1, -0.05) is 29.8 Å². The first kappa shape index (κ1) is 24.3. The predicted molar refractivity (Wildman–Crippen MR) is 122 cm³/mol. The van der Waals surface area contributed by atoms with Crippen LogP contribution in [-0.4, -0.2) is 43.0 Å². The third-order valence-corrected chi connectivity index (χ3v) is 6.32. The molecule has 2 aliphatic rings. The second-order valence-electron chi connectivity index (χ2n) is 8.69. The number of methoxy groups -OCH3 is 1. The van der Waals surface area contributed by atoms with Crippen molar-refractivity contribution in [1.82, 2.24) is 10.2 Å². The van der Waals surface area contributed by atoms with E-state index in [1.807, 2.05) is 4.90 Å². The fourth-order valence-corrected chi connectivity index (χ4v) is 4.25. The van der Waals surface area contributed by atoms with Crippen molar-refractivity contribution in [3.05, 3.63) is 58.1 Å². The zero-order chi connectivity index (χ0) is 24.5. The third kappa shape index (κ3) is 5.82. The van der Waals surface area contributed by atoms with Gasteiger partial charge >= 0.3 is 6.18 Å². The van der Waals surface area contributed by atoms with Crippen molar-refractivity contribution in [2.75, 3.05) is 25.5 Å². The number of carbonyl (C=O) groups excluding carboxylic acids is 2. The lowest BCUT2D eigenvalue weighted by atomic mass is 10.1. The number of alkyl halides is 3. The normalized spacial score (nSPS) is 18.6. The molecule has 2 amide bonds. The zero-order valence-corrected chi connectivity index (χ0v) is 19.3. The number of amides is 2. The van der Waals surface area contributed by atoms with Crippen molar-refractivity contribution in [3.63, 3.8) is 0 Å². The Labute approximate surface area is 200 Å². The van der Waals surface area contributed by atoms with Crippen LogP contribution in [0, 0.1) is 5.92 Å². The minimum Gasteiger partial charge on any atom is -0.496 e. The summed E-state index contributed by atoms with van der Waals surface area (Å²) in [4.78, 5) is 27.0. The first-order chi connectivity index (χ1) is 16.1. The van der Waals surface area contributed by atoms with Gasteiger partial charge in [-0.15, -0.1) is 0 Å². The molecule has 6 nitrogen and oxygen atoms in total. The quantitative estimate of drug-likeness (QED) is 0.583. The summed E-state index contributed by atoms with van der Waals surface area (Å²) in [6.45, 7) is 1.51. The molecule has 1 heterocycles. The summed E-state index contributed by atoms with van der Waals surface area (Å²) in [6.07, 6.45) is -2.01. The van der Waals surface area contributed by atoms with Crippen LogP contribution in [0.3, 0.4) is 0 Å². The SMILES string of the molecule is COc1cc(NC(=O)C2CC2)c(Cl)cc1C(=O)N[C@H]1CCN(Cc2cccc(C(F)(F)F)c2)C1. The number of hydrogen-bond donors (Lipinski definition) is 2. The van der Waals surface area contributed by atoms with E-state index >= 15 is 0 Å². The lowest BCUT2D eigenvalue weighted by Gasteiger charge is -2.18. The van der Waals surface area contributed by atoms with Gasteiger partial charge in [-0.2, -0.15) is 13.2 Å². The Morgan fingerprint density at radius 2 is 1.94 bits per heavy atom. The summed E-state index contributed by atoms with van der Waals surface area (Å²) in [5.74, 6) is -0.184. The van der Waals surface area contributed by atoms with Gasteiger partial charge in [0.2, 0.25) is 5.91 Å². The molecule has 0 radical (unpaired) electrons. The number of likely N-dealkylation sites (tertiary alicyclic amines) is 1. The molecule has 1 atom stereocenters. The fraction of sp³-hybridized carbons (Fsp3) is 0.417. The Morgan fingerprint density at radius 1 is 1.18 bits per heavy atom. The highest BCUT2D eigenvalue weighted by molar-refractivity contribution is 6.34. The maximum Gasteiger partial charge on any atom is 0.416 e. The second-order valence-corrected chi connectivity index (χ2v) is 9.10. The van der Waals surface area contributed by atoms with Gasteiger partial charge in [0.1, 0.15) is 5.75 Å². The number of nitrogens with one attached hydrogen (secondary N) is 2. The maximum absolute atomic E-state index is 13.0. The molecule has 0 unspecified atom stereocenters. The molecule has 2 aromatic carbocycles. The molecule has 1 aliphatic carbocycles. The maximum atomic E-state index is 13.0. The topological polar surface area (TPSA) is 70.7 Å². The van der Waals surface area contributed by atoms with Crippen molar-refractivity contribution in [3.8, 4) is 5.75 Å². The highest BCUT2D eigenvalue weighted by atomic mass is 35.5. The molecule has 1 aliphatic heterocycles. The first-order valence-electron chi connectivity index (χ1n) is 11.0.